The number of rotatable bonds is 7. The number of hydrogen-bond acceptors (Lipinski definition) is 4. The Morgan fingerprint density at radius 3 is 2.84 bits per heavy atom. The van der Waals surface area contributed by atoms with Crippen LogP contribution in [0.3, 0.4) is 0 Å². The highest BCUT2D eigenvalue weighted by molar-refractivity contribution is 7.99. The molecule has 1 aliphatic rings. The van der Waals surface area contributed by atoms with Crippen LogP contribution in [0.2, 0.25) is 0 Å². The van der Waals surface area contributed by atoms with Gasteiger partial charge in [0.25, 0.3) is 0 Å². The third kappa shape index (κ3) is 4.32. The summed E-state index contributed by atoms with van der Waals surface area (Å²) in [6.07, 6.45) is 1.22. The van der Waals surface area contributed by atoms with Crippen LogP contribution in [-0.4, -0.2) is 31.3 Å². The zero-order valence-electron chi connectivity index (χ0n) is 11.8. The van der Waals surface area contributed by atoms with Gasteiger partial charge in [0, 0.05) is 6.04 Å². The van der Waals surface area contributed by atoms with E-state index in [4.69, 9.17) is 9.47 Å². The number of hydrogen-bond donors (Lipinski definition) is 1. The van der Waals surface area contributed by atoms with Crippen molar-refractivity contribution in [3.63, 3.8) is 0 Å². The molecule has 0 amide bonds. The van der Waals surface area contributed by atoms with Gasteiger partial charge in [0.2, 0.25) is 0 Å². The summed E-state index contributed by atoms with van der Waals surface area (Å²) in [6.45, 7) is 6.75. The SMILES string of the molecule is CCSCCCNC(C)c1ccc2c(c1)OCCO2. The first-order valence-electron chi connectivity index (χ1n) is 7.02. The molecule has 0 aliphatic carbocycles. The second kappa shape index (κ2) is 7.65. The minimum absolute atomic E-state index is 0.349. The molecule has 2 rings (SSSR count). The zero-order chi connectivity index (χ0) is 13.5. The Labute approximate surface area is 120 Å². The van der Waals surface area contributed by atoms with Gasteiger partial charge in [-0.25, -0.2) is 0 Å². The van der Waals surface area contributed by atoms with Gasteiger partial charge in [0.15, 0.2) is 11.5 Å². The summed E-state index contributed by atoms with van der Waals surface area (Å²) in [4.78, 5) is 0. The summed E-state index contributed by atoms with van der Waals surface area (Å²) >= 11 is 2.00. The molecule has 0 fully saturated rings. The largest absolute Gasteiger partial charge is 0.486 e. The van der Waals surface area contributed by atoms with Gasteiger partial charge in [0.1, 0.15) is 13.2 Å². The maximum Gasteiger partial charge on any atom is 0.161 e. The summed E-state index contributed by atoms with van der Waals surface area (Å²) in [7, 11) is 0. The van der Waals surface area contributed by atoms with Gasteiger partial charge in [0.05, 0.1) is 0 Å². The minimum Gasteiger partial charge on any atom is -0.486 e. The van der Waals surface area contributed by atoms with E-state index in [1.54, 1.807) is 0 Å². The molecular weight excluding hydrogens is 258 g/mol. The second-order valence-corrected chi connectivity index (χ2v) is 6.02. The molecule has 1 aromatic carbocycles. The lowest BCUT2D eigenvalue weighted by Crippen LogP contribution is -2.21. The molecule has 0 radical (unpaired) electrons. The van der Waals surface area contributed by atoms with Crippen LogP contribution in [0.1, 0.15) is 31.9 Å². The van der Waals surface area contributed by atoms with Gasteiger partial charge in [-0.3, -0.25) is 0 Å². The first-order chi connectivity index (χ1) is 9.31. The fourth-order valence-corrected chi connectivity index (χ4v) is 2.72. The van der Waals surface area contributed by atoms with Crippen LogP contribution < -0.4 is 14.8 Å². The standard InChI is InChI=1S/C15H23NO2S/c1-3-19-10-4-7-16-12(2)13-5-6-14-15(11-13)18-9-8-17-14/h5-6,11-12,16H,3-4,7-10H2,1-2H3. The van der Waals surface area contributed by atoms with E-state index in [0.29, 0.717) is 19.3 Å². The Morgan fingerprint density at radius 1 is 1.26 bits per heavy atom. The molecule has 0 saturated heterocycles. The van der Waals surface area contributed by atoms with Gasteiger partial charge in [-0.05, 0) is 49.1 Å². The molecule has 1 unspecified atom stereocenters. The molecule has 1 N–H and O–H groups in total. The maximum absolute atomic E-state index is 5.62. The number of fused-ring (bicyclic) bond motifs is 1. The quantitative estimate of drug-likeness (QED) is 0.777. The molecule has 0 bridgehead atoms. The number of thioether (sulfide) groups is 1. The van der Waals surface area contributed by atoms with E-state index < -0.39 is 0 Å². The fraction of sp³-hybridized carbons (Fsp3) is 0.600. The molecule has 3 nitrogen and oxygen atoms in total. The van der Waals surface area contributed by atoms with E-state index in [9.17, 15) is 0 Å². The van der Waals surface area contributed by atoms with Crippen molar-refractivity contribution in [2.75, 3.05) is 31.3 Å². The van der Waals surface area contributed by atoms with Crippen molar-refractivity contribution < 1.29 is 9.47 Å². The molecule has 1 aliphatic heterocycles. The van der Waals surface area contributed by atoms with E-state index in [1.807, 2.05) is 17.8 Å². The van der Waals surface area contributed by atoms with Crippen LogP contribution in [0.5, 0.6) is 11.5 Å². The van der Waals surface area contributed by atoms with Crippen molar-refractivity contribution in [3.05, 3.63) is 23.8 Å². The van der Waals surface area contributed by atoms with E-state index in [1.165, 1.54) is 23.5 Å². The molecule has 19 heavy (non-hydrogen) atoms. The minimum atomic E-state index is 0.349. The monoisotopic (exact) mass is 281 g/mol. The Hall–Kier alpha value is -0.870. The van der Waals surface area contributed by atoms with Crippen molar-refractivity contribution in [3.8, 4) is 11.5 Å². The van der Waals surface area contributed by atoms with Gasteiger partial charge >= 0.3 is 0 Å². The Kier molecular flexibility index (Phi) is 5.86. The van der Waals surface area contributed by atoms with Crippen molar-refractivity contribution >= 4 is 11.8 Å². The van der Waals surface area contributed by atoms with E-state index >= 15 is 0 Å². The van der Waals surface area contributed by atoms with E-state index in [2.05, 4.69) is 31.3 Å². The normalized spacial score (nSPS) is 15.3. The Morgan fingerprint density at radius 2 is 2.05 bits per heavy atom. The van der Waals surface area contributed by atoms with Crippen molar-refractivity contribution in [1.82, 2.24) is 5.32 Å². The lowest BCUT2D eigenvalue weighted by Gasteiger charge is -2.21. The molecule has 0 spiro atoms. The zero-order valence-corrected chi connectivity index (χ0v) is 12.6. The smallest absolute Gasteiger partial charge is 0.161 e. The van der Waals surface area contributed by atoms with Gasteiger partial charge < -0.3 is 14.8 Å². The first kappa shape index (κ1) is 14.5. The summed E-state index contributed by atoms with van der Waals surface area (Å²) in [5.74, 6) is 4.18. The first-order valence-corrected chi connectivity index (χ1v) is 8.17. The van der Waals surface area contributed by atoms with Crippen LogP contribution in [0.15, 0.2) is 18.2 Å². The molecule has 1 aromatic rings. The van der Waals surface area contributed by atoms with Crippen molar-refractivity contribution in [1.29, 1.82) is 0 Å². The number of ether oxygens (including phenoxy) is 2. The van der Waals surface area contributed by atoms with Gasteiger partial charge in [-0.2, -0.15) is 11.8 Å². The summed E-state index contributed by atoms with van der Waals surface area (Å²) in [6, 6.07) is 6.57. The molecule has 1 atom stereocenters. The van der Waals surface area contributed by atoms with E-state index in [-0.39, 0.29) is 0 Å². The fourth-order valence-electron chi connectivity index (χ4n) is 2.08. The average molecular weight is 281 g/mol. The second-order valence-electron chi connectivity index (χ2n) is 4.63. The molecule has 0 saturated carbocycles. The molecule has 0 aromatic heterocycles. The third-order valence-corrected chi connectivity index (χ3v) is 4.17. The molecule has 4 heteroatoms. The van der Waals surface area contributed by atoms with Crippen LogP contribution in [0.4, 0.5) is 0 Å². The summed E-state index contributed by atoms with van der Waals surface area (Å²) in [5, 5.41) is 3.55. The van der Waals surface area contributed by atoms with Crippen LogP contribution in [0.25, 0.3) is 0 Å². The van der Waals surface area contributed by atoms with E-state index in [0.717, 1.165) is 18.0 Å². The topological polar surface area (TPSA) is 30.5 Å². The maximum atomic E-state index is 5.62. The van der Waals surface area contributed by atoms with Gasteiger partial charge in [-0.15, -0.1) is 0 Å². The average Bonchev–Trinajstić information content (AvgIpc) is 2.46. The van der Waals surface area contributed by atoms with Crippen molar-refractivity contribution in [2.45, 2.75) is 26.3 Å². The highest BCUT2D eigenvalue weighted by atomic mass is 32.2. The Bertz CT molecular complexity index is 398. The lowest BCUT2D eigenvalue weighted by molar-refractivity contribution is 0.171. The highest BCUT2D eigenvalue weighted by Crippen LogP contribution is 2.32. The predicted octanol–water partition coefficient (Wildman–Crippen LogP) is 3.25. The predicted molar refractivity (Wildman–Crippen MR) is 81.5 cm³/mol. The van der Waals surface area contributed by atoms with Gasteiger partial charge in [-0.1, -0.05) is 13.0 Å². The number of nitrogens with one attached hydrogen (secondary N) is 1. The molecule has 106 valence electrons. The Balaban J connectivity index is 1.83. The van der Waals surface area contributed by atoms with Crippen LogP contribution >= 0.6 is 11.8 Å². The summed E-state index contributed by atoms with van der Waals surface area (Å²) < 4.78 is 11.2. The molecule has 1 heterocycles. The summed E-state index contributed by atoms with van der Waals surface area (Å²) in [5.41, 5.74) is 1.26. The lowest BCUT2D eigenvalue weighted by atomic mass is 10.1. The van der Waals surface area contributed by atoms with Crippen LogP contribution in [-0.2, 0) is 0 Å². The van der Waals surface area contributed by atoms with Crippen LogP contribution in [0, 0.1) is 0 Å². The molecular formula is C15H23NO2S. The highest BCUT2D eigenvalue weighted by Gasteiger charge is 2.13. The number of benzene rings is 1. The van der Waals surface area contributed by atoms with Crippen molar-refractivity contribution in [2.24, 2.45) is 0 Å². The third-order valence-electron chi connectivity index (χ3n) is 3.19.